The van der Waals surface area contributed by atoms with Crippen LogP contribution in [0.15, 0.2) is 72.9 Å². The van der Waals surface area contributed by atoms with E-state index < -0.39 is 0 Å². The van der Waals surface area contributed by atoms with E-state index in [9.17, 15) is 4.79 Å². The fraction of sp³-hybridized carbons (Fsp3) is 0.536. The minimum atomic E-state index is -0.368. The van der Waals surface area contributed by atoms with Gasteiger partial charge in [0.2, 0.25) is 0 Å². The van der Waals surface area contributed by atoms with Crippen molar-refractivity contribution < 1.29 is 14.3 Å². The molecule has 0 spiro atoms. The van der Waals surface area contributed by atoms with Gasteiger partial charge in [0.15, 0.2) is 0 Å². The van der Waals surface area contributed by atoms with Crippen LogP contribution in [0, 0.1) is 5.92 Å². The molecule has 1 rings (SSSR count). The number of hydrogen-bond acceptors (Lipinski definition) is 4. The predicted molar refractivity (Wildman–Crippen MR) is 138 cm³/mol. The van der Waals surface area contributed by atoms with Crippen molar-refractivity contribution in [1.82, 2.24) is 4.90 Å². The second kappa shape index (κ2) is 19.5. The number of esters is 1. The topological polar surface area (TPSA) is 38.8 Å². The molecule has 0 radical (unpaired) electrons. The Morgan fingerprint density at radius 1 is 1.16 bits per heavy atom. The Morgan fingerprint density at radius 3 is 2.28 bits per heavy atom. The van der Waals surface area contributed by atoms with Crippen LogP contribution < -0.4 is 0 Å². The van der Waals surface area contributed by atoms with Gasteiger partial charge in [-0.15, -0.1) is 0 Å². The zero-order chi connectivity index (χ0) is 24.2. The van der Waals surface area contributed by atoms with E-state index in [2.05, 4.69) is 45.0 Å². The van der Waals surface area contributed by atoms with Gasteiger partial charge in [0.25, 0.3) is 0 Å². The largest absolute Gasteiger partial charge is 0.462 e. The van der Waals surface area contributed by atoms with Crippen molar-refractivity contribution >= 4 is 5.97 Å². The van der Waals surface area contributed by atoms with Crippen molar-refractivity contribution in [1.29, 1.82) is 0 Å². The molecule has 0 saturated carbocycles. The van der Waals surface area contributed by atoms with E-state index in [1.807, 2.05) is 37.3 Å². The van der Waals surface area contributed by atoms with E-state index in [1.54, 1.807) is 19.3 Å². The molecule has 4 heteroatoms. The van der Waals surface area contributed by atoms with E-state index >= 15 is 0 Å². The summed E-state index contributed by atoms with van der Waals surface area (Å²) in [6, 6.07) is 0. The quantitative estimate of drug-likeness (QED) is 0.198. The third kappa shape index (κ3) is 12.6. The SMILES string of the molecule is C=C/C=C\C/C=C(\CC)C(C(=O)OC1CCN(C)CC1)C(/C=C\C=C)=C/C.CCCOC. The van der Waals surface area contributed by atoms with Gasteiger partial charge in [-0.2, -0.15) is 0 Å². The standard InChI is InChI=1S/C24H35NO2.C4H10O/c1-6-10-12-13-15-21(9-4)23(20(8-3)14-11-7-2)24(26)27-22-16-18-25(5)19-17-22;1-3-4-5-2/h6-8,10-12,14-15,22-23H,1-2,9,13,16-19H2,3-5H3;3-4H2,1-2H3/b12-10-,14-11-,20-8+,21-15+;. The van der Waals surface area contributed by atoms with Gasteiger partial charge in [-0.1, -0.05) is 81.2 Å². The van der Waals surface area contributed by atoms with Crippen LogP contribution in [0.3, 0.4) is 0 Å². The summed E-state index contributed by atoms with van der Waals surface area (Å²) in [5.74, 6) is -0.514. The lowest BCUT2D eigenvalue weighted by Crippen LogP contribution is -2.36. The zero-order valence-electron chi connectivity index (χ0n) is 21.0. The number of nitrogens with zero attached hydrogens (tertiary/aromatic N) is 1. The van der Waals surface area contributed by atoms with Crippen molar-refractivity contribution in [3.8, 4) is 0 Å². The Hall–Kier alpha value is -2.17. The summed E-state index contributed by atoms with van der Waals surface area (Å²) in [5, 5.41) is 0. The molecule has 180 valence electrons. The molecule has 0 N–H and O–H groups in total. The monoisotopic (exact) mass is 443 g/mol. The summed E-state index contributed by atoms with van der Waals surface area (Å²) >= 11 is 0. The van der Waals surface area contributed by atoms with Gasteiger partial charge in [0, 0.05) is 26.8 Å². The highest BCUT2D eigenvalue weighted by atomic mass is 16.5. The average Bonchev–Trinajstić information content (AvgIpc) is 2.80. The molecule has 0 aromatic heterocycles. The van der Waals surface area contributed by atoms with Crippen molar-refractivity contribution in [2.24, 2.45) is 5.92 Å². The summed E-state index contributed by atoms with van der Waals surface area (Å²) in [6.45, 7) is 16.4. The van der Waals surface area contributed by atoms with Crippen LogP contribution in [0.2, 0.25) is 0 Å². The van der Waals surface area contributed by atoms with E-state index in [0.29, 0.717) is 0 Å². The maximum atomic E-state index is 13.1. The molecule has 0 amide bonds. The summed E-state index contributed by atoms with van der Waals surface area (Å²) in [6.07, 6.45) is 19.9. The van der Waals surface area contributed by atoms with E-state index in [-0.39, 0.29) is 18.0 Å². The third-order valence-electron chi connectivity index (χ3n) is 5.25. The molecule has 1 fully saturated rings. The Morgan fingerprint density at radius 2 is 1.81 bits per heavy atom. The van der Waals surface area contributed by atoms with Crippen molar-refractivity contribution in [2.75, 3.05) is 33.9 Å². The Balaban J connectivity index is 0.00000172. The molecule has 1 aliphatic rings. The van der Waals surface area contributed by atoms with Crippen LogP contribution in [0.1, 0.15) is 52.9 Å². The highest BCUT2D eigenvalue weighted by molar-refractivity contribution is 5.80. The number of carbonyl (C=O) groups is 1. The molecule has 1 unspecified atom stereocenters. The minimum Gasteiger partial charge on any atom is -0.462 e. The Bertz CT molecular complexity index is 648. The molecule has 1 atom stereocenters. The van der Waals surface area contributed by atoms with Crippen LogP contribution in [0.4, 0.5) is 0 Å². The third-order valence-corrected chi connectivity index (χ3v) is 5.25. The first-order valence-electron chi connectivity index (χ1n) is 11.8. The first-order valence-corrected chi connectivity index (χ1v) is 11.8. The number of allylic oxidation sites excluding steroid dienone is 8. The fourth-order valence-corrected chi connectivity index (χ4v) is 3.44. The van der Waals surface area contributed by atoms with Gasteiger partial charge in [-0.3, -0.25) is 4.79 Å². The van der Waals surface area contributed by atoms with Gasteiger partial charge < -0.3 is 14.4 Å². The molecular weight excluding hydrogens is 398 g/mol. The van der Waals surface area contributed by atoms with Crippen LogP contribution in [0.5, 0.6) is 0 Å². The van der Waals surface area contributed by atoms with Crippen molar-refractivity contribution in [3.63, 3.8) is 0 Å². The van der Waals surface area contributed by atoms with Gasteiger partial charge in [0.1, 0.15) is 12.0 Å². The van der Waals surface area contributed by atoms with E-state index in [1.165, 1.54) is 0 Å². The maximum Gasteiger partial charge on any atom is 0.317 e. The summed E-state index contributed by atoms with van der Waals surface area (Å²) in [5.41, 5.74) is 2.04. The average molecular weight is 444 g/mol. The number of hydrogen-bond donors (Lipinski definition) is 0. The number of methoxy groups -OCH3 is 1. The van der Waals surface area contributed by atoms with Gasteiger partial charge in [-0.05, 0) is 51.6 Å². The summed E-state index contributed by atoms with van der Waals surface area (Å²) < 4.78 is 10.6. The molecule has 1 heterocycles. The number of rotatable bonds is 12. The first-order chi connectivity index (χ1) is 15.5. The minimum absolute atomic E-state index is 0.0106. The van der Waals surface area contributed by atoms with Crippen LogP contribution >= 0.6 is 0 Å². The lowest BCUT2D eigenvalue weighted by Gasteiger charge is -2.30. The molecule has 0 aromatic rings. The Labute approximate surface area is 197 Å². The van der Waals surface area contributed by atoms with Gasteiger partial charge in [0.05, 0.1) is 0 Å². The predicted octanol–water partition coefficient (Wildman–Crippen LogP) is 6.44. The Kier molecular flexibility index (Phi) is 18.2. The second-order valence-electron chi connectivity index (χ2n) is 7.78. The lowest BCUT2D eigenvalue weighted by atomic mass is 9.87. The summed E-state index contributed by atoms with van der Waals surface area (Å²) in [4.78, 5) is 15.4. The maximum absolute atomic E-state index is 13.1. The highest BCUT2D eigenvalue weighted by Gasteiger charge is 2.29. The molecule has 0 aliphatic carbocycles. The molecule has 4 nitrogen and oxygen atoms in total. The number of ether oxygens (including phenoxy) is 2. The van der Waals surface area contributed by atoms with Gasteiger partial charge >= 0.3 is 5.97 Å². The van der Waals surface area contributed by atoms with Crippen molar-refractivity contribution in [3.05, 3.63) is 72.9 Å². The lowest BCUT2D eigenvalue weighted by molar-refractivity contribution is -0.153. The first kappa shape index (κ1) is 29.8. The summed E-state index contributed by atoms with van der Waals surface area (Å²) in [7, 11) is 3.82. The molecule has 1 aliphatic heterocycles. The van der Waals surface area contributed by atoms with Crippen molar-refractivity contribution in [2.45, 2.75) is 59.0 Å². The smallest absolute Gasteiger partial charge is 0.317 e. The molecule has 1 saturated heterocycles. The zero-order valence-corrected chi connectivity index (χ0v) is 21.0. The normalized spacial score (nSPS) is 17.2. The molecule has 0 bridgehead atoms. The molecular formula is C28H45NO3. The van der Waals surface area contributed by atoms with E-state index in [4.69, 9.17) is 9.47 Å². The number of carbonyl (C=O) groups excluding carboxylic acids is 1. The van der Waals surface area contributed by atoms with Crippen LogP contribution in [-0.2, 0) is 14.3 Å². The second-order valence-corrected chi connectivity index (χ2v) is 7.78. The highest BCUT2D eigenvalue weighted by Crippen LogP contribution is 2.28. The number of piperidine rings is 1. The van der Waals surface area contributed by atoms with E-state index in [0.717, 1.165) is 62.9 Å². The van der Waals surface area contributed by atoms with Gasteiger partial charge in [-0.25, -0.2) is 0 Å². The van der Waals surface area contributed by atoms with Crippen LogP contribution in [-0.4, -0.2) is 50.8 Å². The molecule has 0 aromatic carbocycles. The van der Waals surface area contributed by atoms with Crippen LogP contribution in [0.25, 0.3) is 0 Å². The molecule has 32 heavy (non-hydrogen) atoms. The number of likely N-dealkylation sites (tertiary alicyclic amines) is 1. The fourth-order valence-electron chi connectivity index (χ4n) is 3.44.